The lowest BCUT2D eigenvalue weighted by molar-refractivity contribution is 0.0924. The molecule has 118 valence electrons. The van der Waals surface area contributed by atoms with E-state index in [1.807, 2.05) is 32.0 Å². The van der Waals surface area contributed by atoms with Gasteiger partial charge in [-0.3, -0.25) is 4.79 Å². The smallest absolute Gasteiger partial charge is 0.287 e. The van der Waals surface area contributed by atoms with Crippen LogP contribution in [0.25, 0.3) is 11.0 Å². The van der Waals surface area contributed by atoms with Gasteiger partial charge >= 0.3 is 0 Å². The maximum Gasteiger partial charge on any atom is 0.287 e. The number of hydrogen-bond acceptors (Lipinski definition) is 3. The van der Waals surface area contributed by atoms with Crippen LogP contribution in [0.5, 0.6) is 0 Å². The second-order valence-electron chi connectivity index (χ2n) is 6.38. The minimum absolute atomic E-state index is 0.105. The van der Waals surface area contributed by atoms with Crippen LogP contribution in [0, 0.1) is 13.8 Å². The predicted molar refractivity (Wildman–Crippen MR) is 88.3 cm³/mol. The molecule has 0 saturated carbocycles. The first-order chi connectivity index (χ1) is 10.6. The minimum atomic E-state index is -0.105. The van der Waals surface area contributed by atoms with E-state index < -0.39 is 0 Å². The van der Waals surface area contributed by atoms with Crippen molar-refractivity contribution in [3.8, 4) is 0 Å². The van der Waals surface area contributed by atoms with Gasteiger partial charge in [0, 0.05) is 23.5 Å². The molecule has 1 amide bonds. The van der Waals surface area contributed by atoms with Gasteiger partial charge in [-0.25, -0.2) is 0 Å². The van der Waals surface area contributed by atoms with Crippen molar-refractivity contribution in [2.45, 2.75) is 39.2 Å². The van der Waals surface area contributed by atoms with Crippen LogP contribution in [-0.2, 0) is 0 Å². The summed E-state index contributed by atoms with van der Waals surface area (Å²) in [7, 11) is 2.16. The van der Waals surface area contributed by atoms with Crippen LogP contribution in [0.1, 0.15) is 40.9 Å². The molecule has 1 aliphatic heterocycles. The Kier molecular flexibility index (Phi) is 4.21. The number of benzene rings is 1. The van der Waals surface area contributed by atoms with Crippen molar-refractivity contribution in [1.82, 2.24) is 10.2 Å². The quantitative estimate of drug-likeness (QED) is 0.942. The highest BCUT2D eigenvalue weighted by atomic mass is 16.3. The summed E-state index contributed by atoms with van der Waals surface area (Å²) in [5.74, 6) is 0.340. The number of fused-ring (bicyclic) bond motifs is 1. The summed E-state index contributed by atoms with van der Waals surface area (Å²) in [5.41, 5.74) is 2.85. The third-order valence-electron chi connectivity index (χ3n) is 4.73. The molecule has 22 heavy (non-hydrogen) atoms. The van der Waals surface area contributed by atoms with E-state index in [4.69, 9.17) is 4.42 Å². The van der Waals surface area contributed by atoms with Gasteiger partial charge in [-0.2, -0.15) is 0 Å². The Morgan fingerprint density at radius 1 is 1.41 bits per heavy atom. The van der Waals surface area contributed by atoms with E-state index in [1.54, 1.807) is 0 Å². The average molecular weight is 300 g/mol. The zero-order chi connectivity index (χ0) is 15.7. The number of hydrogen-bond donors (Lipinski definition) is 1. The fraction of sp³-hybridized carbons (Fsp3) is 0.500. The van der Waals surface area contributed by atoms with Crippen molar-refractivity contribution >= 4 is 16.9 Å². The zero-order valence-corrected chi connectivity index (χ0v) is 13.6. The van der Waals surface area contributed by atoms with Crippen LogP contribution in [0.15, 0.2) is 22.6 Å². The van der Waals surface area contributed by atoms with Gasteiger partial charge in [-0.05, 0) is 58.3 Å². The van der Waals surface area contributed by atoms with Crippen molar-refractivity contribution < 1.29 is 9.21 Å². The highest BCUT2D eigenvalue weighted by Gasteiger charge is 2.21. The number of rotatable bonds is 4. The first kappa shape index (κ1) is 15.1. The van der Waals surface area contributed by atoms with E-state index in [-0.39, 0.29) is 5.91 Å². The minimum Gasteiger partial charge on any atom is -0.451 e. The van der Waals surface area contributed by atoms with Gasteiger partial charge in [-0.1, -0.05) is 12.1 Å². The van der Waals surface area contributed by atoms with E-state index >= 15 is 0 Å². The molecule has 3 rings (SSSR count). The Morgan fingerprint density at radius 3 is 2.95 bits per heavy atom. The van der Waals surface area contributed by atoms with Gasteiger partial charge in [0.25, 0.3) is 5.91 Å². The van der Waals surface area contributed by atoms with Crippen LogP contribution < -0.4 is 5.32 Å². The summed E-state index contributed by atoms with van der Waals surface area (Å²) >= 11 is 0. The molecule has 1 aromatic heterocycles. The molecule has 2 heterocycles. The van der Waals surface area contributed by atoms with Gasteiger partial charge in [-0.15, -0.1) is 0 Å². The molecular formula is C18H24N2O2. The lowest BCUT2D eigenvalue weighted by Crippen LogP contribution is -2.31. The molecule has 1 N–H and O–H groups in total. The molecule has 1 aliphatic rings. The molecular weight excluding hydrogens is 276 g/mol. The molecule has 0 radical (unpaired) electrons. The molecule has 0 aliphatic carbocycles. The second-order valence-corrected chi connectivity index (χ2v) is 6.38. The van der Waals surface area contributed by atoms with Crippen molar-refractivity contribution in [3.63, 3.8) is 0 Å². The summed E-state index contributed by atoms with van der Waals surface area (Å²) in [6.07, 6.45) is 3.49. The number of carbonyl (C=O) groups excluding carboxylic acids is 1. The Balaban J connectivity index is 1.66. The molecule has 0 spiro atoms. The van der Waals surface area contributed by atoms with Gasteiger partial charge in [0.05, 0.1) is 0 Å². The van der Waals surface area contributed by atoms with E-state index in [0.29, 0.717) is 18.3 Å². The van der Waals surface area contributed by atoms with Gasteiger partial charge in [0.1, 0.15) is 5.58 Å². The highest BCUT2D eigenvalue weighted by molar-refractivity contribution is 5.98. The SMILES string of the molecule is Cc1ccc2c(C)c(C(=O)NCCC3CCCN3C)oc2c1. The molecule has 1 fully saturated rings. The number of nitrogens with zero attached hydrogens (tertiary/aromatic N) is 1. The van der Waals surface area contributed by atoms with Crippen molar-refractivity contribution in [3.05, 3.63) is 35.1 Å². The maximum absolute atomic E-state index is 12.4. The molecule has 0 bridgehead atoms. The number of amides is 1. The number of likely N-dealkylation sites (tertiary alicyclic amines) is 1. The van der Waals surface area contributed by atoms with Crippen LogP contribution in [0.2, 0.25) is 0 Å². The van der Waals surface area contributed by atoms with E-state index in [1.165, 1.54) is 19.4 Å². The van der Waals surface area contributed by atoms with E-state index in [9.17, 15) is 4.79 Å². The Morgan fingerprint density at radius 2 is 2.23 bits per heavy atom. The van der Waals surface area contributed by atoms with Gasteiger partial charge in [0.15, 0.2) is 5.76 Å². The Hall–Kier alpha value is -1.81. The summed E-state index contributed by atoms with van der Waals surface area (Å²) in [4.78, 5) is 14.7. The van der Waals surface area contributed by atoms with Gasteiger partial charge in [0.2, 0.25) is 0 Å². The average Bonchev–Trinajstić information content (AvgIpc) is 3.03. The summed E-state index contributed by atoms with van der Waals surface area (Å²) in [5, 5.41) is 4.02. The third-order valence-corrected chi connectivity index (χ3v) is 4.73. The Labute approximate surface area is 131 Å². The standard InChI is InChI=1S/C18H24N2O2/c1-12-6-7-15-13(2)17(22-16(15)11-12)18(21)19-9-8-14-5-4-10-20(14)3/h6-7,11,14H,4-5,8-10H2,1-3H3,(H,19,21). The number of aryl methyl sites for hydroxylation is 2. The largest absolute Gasteiger partial charge is 0.451 e. The second kappa shape index (κ2) is 6.13. The van der Waals surface area contributed by atoms with E-state index in [2.05, 4.69) is 17.3 Å². The number of nitrogens with one attached hydrogen (secondary N) is 1. The van der Waals surface area contributed by atoms with Crippen molar-refractivity contribution in [2.24, 2.45) is 0 Å². The van der Waals surface area contributed by atoms with Crippen LogP contribution in [0.3, 0.4) is 0 Å². The zero-order valence-electron chi connectivity index (χ0n) is 13.6. The van der Waals surface area contributed by atoms with Crippen molar-refractivity contribution in [1.29, 1.82) is 0 Å². The number of furan rings is 1. The topological polar surface area (TPSA) is 45.5 Å². The molecule has 4 nitrogen and oxygen atoms in total. The maximum atomic E-state index is 12.4. The van der Waals surface area contributed by atoms with Crippen LogP contribution in [0.4, 0.5) is 0 Å². The normalized spacial score (nSPS) is 19.0. The number of carbonyl (C=O) groups is 1. The lowest BCUT2D eigenvalue weighted by atomic mass is 10.1. The first-order valence-electron chi connectivity index (χ1n) is 8.04. The predicted octanol–water partition coefficient (Wildman–Crippen LogP) is 3.26. The lowest BCUT2D eigenvalue weighted by Gasteiger charge is -2.19. The summed E-state index contributed by atoms with van der Waals surface area (Å²) in [6, 6.07) is 6.64. The monoisotopic (exact) mass is 300 g/mol. The molecule has 1 aromatic carbocycles. The molecule has 4 heteroatoms. The first-order valence-corrected chi connectivity index (χ1v) is 8.04. The molecule has 1 saturated heterocycles. The van der Waals surface area contributed by atoms with Gasteiger partial charge < -0.3 is 14.6 Å². The fourth-order valence-electron chi connectivity index (χ4n) is 3.33. The summed E-state index contributed by atoms with van der Waals surface area (Å²) < 4.78 is 5.76. The third kappa shape index (κ3) is 2.88. The molecule has 2 aromatic rings. The molecule has 1 atom stereocenters. The van der Waals surface area contributed by atoms with Crippen LogP contribution >= 0.6 is 0 Å². The van der Waals surface area contributed by atoms with Crippen molar-refractivity contribution in [2.75, 3.05) is 20.1 Å². The molecule has 1 unspecified atom stereocenters. The fourth-order valence-corrected chi connectivity index (χ4v) is 3.33. The summed E-state index contributed by atoms with van der Waals surface area (Å²) in [6.45, 7) is 5.83. The highest BCUT2D eigenvalue weighted by Crippen LogP contribution is 2.26. The van der Waals surface area contributed by atoms with E-state index in [0.717, 1.165) is 28.5 Å². The Bertz CT molecular complexity index is 690. The van der Waals surface area contributed by atoms with Crippen LogP contribution in [-0.4, -0.2) is 37.0 Å².